The molecule has 2 aliphatic heterocycles. The van der Waals surface area contributed by atoms with Crippen molar-refractivity contribution in [1.29, 1.82) is 0 Å². The number of alkyl carbamates (subject to hydrolysis) is 1. The van der Waals surface area contributed by atoms with E-state index in [4.69, 9.17) is 18.5 Å². The van der Waals surface area contributed by atoms with Gasteiger partial charge in [0.15, 0.2) is 0 Å². The van der Waals surface area contributed by atoms with E-state index < -0.39 is 13.9 Å². The number of quaternary nitrogens is 1. The van der Waals surface area contributed by atoms with Crippen molar-refractivity contribution in [2.45, 2.75) is 135 Å². The lowest BCUT2D eigenvalue weighted by Crippen LogP contribution is -2.37. The molecule has 2 saturated heterocycles. The fourth-order valence-corrected chi connectivity index (χ4v) is 6.81. The average molecular weight is 620 g/mol. The van der Waals surface area contributed by atoms with Gasteiger partial charge in [0.2, 0.25) is 0 Å². The molecule has 10 heteroatoms. The molecule has 5 atom stereocenters. The first-order valence-electron chi connectivity index (χ1n) is 17.1. The fraction of sp³-hybridized carbons (Fsp3) is 0.969. The van der Waals surface area contributed by atoms with Gasteiger partial charge in [0.1, 0.15) is 13.2 Å². The average Bonchev–Trinajstić information content (AvgIpc) is 3.53. The maximum atomic E-state index is 12.3. The van der Waals surface area contributed by atoms with Crippen molar-refractivity contribution in [1.82, 2.24) is 5.32 Å². The number of phosphoric acid groups is 1. The van der Waals surface area contributed by atoms with E-state index in [0.717, 1.165) is 25.7 Å². The van der Waals surface area contributed by atoms with Crippen LogP contribution in [0.3, 0.4) is 0 Å². The van der Waals surface area contributed by atoms with Gasteiger partial charge in [0.05, 0.1) is 46.6 Å². The van der Waals surface area contributed by atoms with Gasteiger partial charge in [0.25, 0.3) is 0 Å². The summed E-state index contributed by atoms with van der Waals surface area (Å²) in [5.41, 5.74) is 0. The Bertz CT molecular complexity index is 764. The Morgan fingerprint density at radius 1 is 0.786 bits per heavy atom. The SMILES string of the molecule is CCCCCCCCCCCCCCCCCCNC(=O)OC[C@H]1[C@@H](COP(=O)(O)OCC[N+](C)(C)C)[C@@H]2CC[C@H]1O2. The van der Waals surface area contributed by atoms with Gasteiger partial charge in [-0.2, -0.15) is 0 Å². The molecule has 0 aromatic heterocycles. The van der Waals surface area contributed by atoms with Gasteiger partial charge < -0.3 is 24.2 Å². The summed E-state index contributed by atoms with van der Waals surface area (Å²) < 4.78 is 35.0. The number of nitrogens with one attached hydrogen (secondary N) is 1. The number of hydrogen-bond donors (Lipinski definition) is 2. The Morgan fingerprint density at radius 3 is 1.76 bits per heavy atom. The van der Waals surface area contributed by atoms with E-state index in [9.17, 15) is 14.3 Å². The predicted molar refractivity (Wildman–Crippen MR) is 168 cm³/mol. The summed E-state index contributed by atoms with van der Waals surface area (Å²) in [5.74, 6) is -0.143. The summed E-state index contributed by atoms with van der Waals surface area (Å²) in [7, 11) is 1.82. The van der Waals surface area contributed by atoms with Crippen LogP contribution in [0.1, 0.15) is 122 Å². The lowest BCUT2D eigenvalue weighted by atomic mass is 9.80. The van der Waals surface area contributed by atoms with E-state index in [-0.39, 0.29) is 43.9 Å². The molecular formula is C32H64N2O7P+. The summed E-state index contributed by atoms with van der Waals surface area (Å²) in [6.07, 6.45) is 22.5. The summed E-state index contributed by atoms with van der Waals surface area (Å²) in [4.78, 5) is 22.4. The number of likely N-dealkylation sites (N-methyl/N-ethyl adjacent to an activating group) is 1. The van der Waals surface area contributed by atoms with Crippen molar-refractivity contribution < 1.29 is 37.3 Å². The van der Waals surface area contributed by atoms with Gasteiger partial charge in [-0.05, 0) is 19.3 Å². The normalized spacial score (nSPS) is 23.3. The molecule has 9 nitrogen and oxygen atoms in total. The molecule has 0 spiro atoms. The Labute approximate surface area is 257 Å². The number of carbonyl (C=O) groups is 1. The summed E-state index contributed by atoms with van der Waals surface area (Å²) >= 11 is 0. The molecule has 1 unspecified atom stereocenters. The van der Waals surface area contributed by atoms with Crippen LogP contribution in [-0.4, -0.2) is 81.7 Å². The van der Waals surface area contributed by atoms with E-state index in [2.05, 4.69) is 12.2 Å². The third kappa shape index (κ3) is 17.0. The highest BCUT2D eigenvalue weighted by Crippen LogP contribution is 2.48. The highest BCUT2D eigenvalue weighted by atomic mass is 31.2. The van der Waals surface area contributed by atoms with E-state index in [1.807, 2.05) is 21.1 Å². The minimum absolute atomic E-state index is 0.00564. The highest BCUT2D eigenvalue weighted by molar-refractivity contribution is 7.47. The lowest BCUT2D eigenvalue weighted by molar-refractivity contribution is -0.870. The number of amides is 1. The van der Waals surface area contributed by atoms with Crippen LogP contribution >= 0.6 is 7.82 Å². The zero-order chi connectivity index (χ0) is 30.7. The largest absolute Gasteiger partial charge is 0.472 e. The van der Waals surface area contributed by atoms with E-state index >= 15 is 0 Å². The summed E-state index contributed by atoms with van der Waals surface area (Å²) in [6.45, 7) is 3.89. The zero-order valence-electron chi connectivity index (χ0n) is 27.4. The standard InChI is InChI=1S/C32H63N2O7P/c1-5-6-7-8-9-10-11-12-13-14-15-16-17-18-19-20-23-33-32(35)38-26-28-29(31-22-21-30(28)41-31)27-40-42(36,37)39-25-24-34(2,3)4/h28-31H,5-27H2,1-4H3,(H-,33,35,36,37)/p+1/t28-,29+,30+,31-/m0/s1. The Morgan fingerprint density at radius 2 is 1.26 bits per heavy atom. The molecule has 0 saturated carbocycles. The van der Waals surface area contributed by atoms with Crippen LogP contribution in [0.15, 0.2) is 0 Å². The maximum Gasteiger partial charge on any atom is 0.472 e. The molecule has 2 rings (SSSR count). The van der Waals surface area contributed by atoms with Crippen molar-refractivity contribution in [3.8, 4) is 0 Å². The third-order valence-corrected chi connectivity index (χ3v) is 9.73. The Kier molecular flexibility index (Phi) is 18.8. The summed E-state index contributed by atoms with van der Waals surface area (Å²) in [6, 6.07) is 0. The van der Waals surface area contributed by atoms with Crippen molar-refractivity contribution >= 4 is 13.9 Å². The maximum absolute atomic E-state index is 12.3. The molecule has 1 amide bonds. The minimum atomic E-state index is -4.15. The predicted octanol–water partition coefficient (Wildman–Crippen LogP) is 7.61. The number of fused-ring (bicyclic) bond motifs is 2. The van der Waals surface area contributed by atoms with Crippen LogP contribution in [0.2, 0.25) is 0 Å². The van der Waals surface area contributed by atoms with E-state index in [0.29, 0.717) is 17.6 Å². The minimum Gasteiger partial charge on any atom is -0.449 e. The zero-order valence-corrected chi connectivity index (χ0v) is 28.3. The molecular weight excluding hydrogens is 555 g/mol. The van der Waals surface area contributed by atoms with Crippen molar-refractivity contribution in [2.75, 3.05) is 54.1 Å². The molecule has 2 aliphatic rings. The number of hydrogen-bond acceptors (Lipinski definition) is 6. The summed E-state index contributed by atoms with van der Waals surface area (Å²) in [5, 5.41) is 2.87. The molecule has 2 bridgehead atoms. The van der Waals surface area contributed by atoms with E-state index in [1.54, 1.807) is 0 Å². The van der Waals surface area contributed by atoms with Gasteiger partial charge in [-0.25, -0.2) is 9.36 Å². The Hall–Kier alpha value is -0.700. The molecule has 2 heterocycles. The van der Waals surface area contributed by atoms with Gasteiger partial charge >= 0.3 is 13.9 Å². The van der Waals surface area contributed by atoms with Crippen LogP contribution in [0.5, 0.6) is 0 Å². The van der Waals surface area contributed by atoms with Crippen LogP contribution < -0.4 is 5.32 Å². The number of carbonyl (C=O) groups excluding carboxylic acids is 1. The number of unbranched alkanes of at least 4 members (excludes halogenated alkanes) is 15. The highest BCUT2D eigenvalue weighted by Gasteiger charge is 2.50. The second-order valence-electron chi connectivity index (χ2n) is 13.6. The molecule has 42 heavy (non-hydrogen) atoms. The van der Waals surface area contributed by atoms with Crippen molar-refractivity contribution in [3.63, 3.8) is 0 Å². The van der Waals surface area contributed by atoms with E-state index in [1.165, 1.54) is 89.9 Å². The van der Waals surface area contributed by atoms with Gasteiger partial charge in [-0.3, -0.25) is 9.05 Å². The van der Waals surface area contributed by atoms with Crippen LogP contribution in [0, 0.1) is 11.8 Å². The lowest BCUT2D eigenvalue weighted by Gasteiger charge is -2.28. The first-order chi connectivity index (χ1) is 20.1. The van der Waals surface area contributed by atoms with Gasteiger partial charge in [-0.1, -0.05) is 103 Å². The first-order valence-corrected chi connectivity index (χ1v) is 18.6. The molecule has 0 radical (unpaired) electrons. The molecule has 2 N–H and O–H groups in total. The van der Waals surface area contributed by atoms with Crippen molar-refractivity contribution in [2.24, 2.45) is 11.8 Å². The molecule has 0 aliphatic carbocycles. The van der Waals surface area contributed by atoms with Crippen LogP contribution in [0.25, 0.3) is 0 Å². The van der Waals surface area contributed by atoms with Crippen LogP contribution in [-0.2, 0) is 23.1 Å². The first kappa shape index (κ1) is 37.5. The third-order valence-electron chi connectivity index (χ3n) is 8.74. The fourth-order valence-electron chi connectivity index (χ4n) is 6.07. The molecule has 248 valence electrons. The Balaban J connectivity index is 1.46. The topological polar surface area (TPSA) is 103 Å². The number of phosphoric ester groups is 1. The number of nitrogens with zero attached hydrogens (tertiary/aromatic N) is 1. The van der Waals surface area contributed by atoms with Crippen molar-refractivity contribution in [3.05, 3.63) is 0 Å². The van der Waals surface area contributed by atoms with Crippen LogP contribution in [0.4, 0.5) is 4.79 Å². The number of rotatable bonds is 26. The second kappa shape index (κ2) is 21.1. The molecule has 0 aromatic carbocycles. The van der Waals surface area contributed by atoms with Gasteiger partial charge in [-0.15, -0.1) is 0 Å². The number of ether oxygens (including phenoxy) is 2. The quantitative estimate of drug-likeness (QED) is 0.0584. The molecule has 0 aromatic rings. The molecule has 2 fully saturated rings. The monoisotopic (exact) mass is 619 g/mol. The second-order valence-corrected chi connectivity index (χ2v) is 15.0. The van der Waals surface area contributed by atoms with Gasteiger partial charge in [0, 0.05) is 18.4 Å². The smallest absolute Gasteiger partial charge is 0.449 e.